The van der Waals surface area contributed by atoms with Gasteiger partial charge >= 0.3 is 0 Å². The van der Waals surface area contributed by atoms with E-state index in [1.54, 1.807) is 7.11 Å². The first kappa shape index (κ1) is 23.8. The number of methoxy groups -OCH3 is 2. The summed E-state index contributed by atoms with van der Waals surface area (Å²) in [5, 5.41) is 0. The Morgan fingerprint density at radius 3 is 2.43 bits per heavy atom. The molecule has 3 fully saturated rings. The maximum atomic E-state index is 14.1. The first-order valence-electron chi connectivity index (χ1n) is 11.8. The molecule has 0 saturated heterocycles. The van der Waals surface area contributed by atoms with E-state index in [-0.39, 0.29) is 35.7 Å². The van der Waals surface area contributed by atoms with Crippen molar-refractivity contribution in [3.63, 3.8) is 0 Å². The highest BCUT2D eigenvalue weighted by molar-refractivity contribution is 5.88. The van der Waals surface area contributed by atoms with Crippen molar-refractivity contribution in [1.82, 2.24) is 0 Å². The molecule has 30 heavy (non-hydrogen) atoms. The van der Waals surface area contributed by atoms with E-state index < -0.39 is 5.41 Å². The van der Waals surface area contributed by atoms with Crippen LogP contribution in [0.2, 0.25) is 0 Å². The molecule has 3 unspecified atom stereocenters. The summed E-state index contributed by atoms with van der Waals surface area (Å²) in [6.45, 7) is 11.4. The van der Waals surface area contributed by atoms with Gasteiger partial charge in [-0.15, -0.1) is 11.8 Å². The zero-order valence-electron chi connectivity index (χ0n) is 20.2. The number of carbonyl (C=O) groups is 1. The first-order valence-corrected chi connectivity index (χ1v) is 11.8. The van der Waals surface area contributed by atoms with Gasteiger partial charge in [0.2, 0.25) is 0 Å². The minimum atomic E-state index is -0.499. The Balaban J connectivity index is 2.15. The molecule has 0 spiro atoms. The van der Waals surface area contributed by atoms with Crippen molar-refractivity contribution in [2.75, 3.05) is 21.0 Å². The second kappa shape index (κ2) is 8.93. The molecule has 3 aliphatic rings. The van der Waals surface area contributed by atoms with Crippen molar-refractivity contribution in [3.05, 3.63) is 0 Å². The molecule has 0 aromatic carbocycles. The van der Waals surface area contributed by atoms with E-state index >= 15 is 0 Å². The van der Waals surface area contributed by atoms with Crippen LogP contribution in [0.1, 0.15) is 79.6 Å². The standard InChI is InChI=1S/C26H42O4/c1-8-9-10-13-24(4)16-21(30-17-28-6)25(5)18(2)11-14-26(19(3)23(24)27)15-12-20(29-7)22(25)26/h18-22H,8,11-17H2,1-7H3/t18-,19+,20-,21?,22?,24-,25+,26?/m1/s1. The van der Waals surface area contributed by atoms with Gasteiger partial charge in [-0.2, -0.15) is 0 Å². The van der Waals surface area contributed by atoms with Gasteiger partial charge in [-0.05, 0) is 49.4 Å². The normalized spacial score (nSPS) is 45.8. The lowest BCUT2D eigenvalue weighted by molar-refractivity contribution is -0.219. The third-order valence-corrected chi connectivity index (χ3v) is 9.31. The zero-order valence-corrected chi connectivity index (χ0v) is 20.2. The van der Waals surface area contributed by atoms with Gasteiger partial charge in [-0.1, -0.05) is 34.6 Å². The minimum Gasteiger partial charge on any atom is -0.381 e. The largest absolute Gasteiger partial charge is 0.381 e. The van der Waals surface area contributed by atoms with Crippen LogP contribution < -0.4 is 0 Å². The summed E-state index contributed by atoms with van der Waals surface area (Å²) in [5.41, 5.74) is -0.572. The van der Waals surface area contributed by atoms with Gasteiger partial charge in [0.15, 0.2) is 0 Å². The summed E-state index contributed by atoms with van der Waals surface area (Å²) in [4.78, 5) is 14.1. The van der Waals surface area contributed by atoms with Gasteiger partial charge in [0, 0.05) is 43.8 Å². The molecule has 4 heteroatoms. The lowest BCUT2D eigenvalue weighted by Gasteiger charge is -2.62. The molecule has 0 heterocycles. The van der Waals surface area contributed by atoms with Crippen molar-refractivity contribution in [1.29, 1.82) is 0 Å². The second-order valence-electron chi connectivity index (χ2n) is 10.6. The average Bonchev–Trinajstić information content (AvgIpc) is 3.13. The molecule has 0 amide bonds. The van der Waals surface area contributed by atoms with Crippen LogP contribution in [0.3, 0.4) is 0 Å². The Bertz CT molecular complexity index is 693. The average molecular weight is 419 g/mol. The molecular formula is C26H42O4. The smallest absolute Gasteiger partial charge is 0.146 e. The predicted octanol–water partition coefficient (Wildman–Crippen LogP) is 5.24. The molecule has 0 aromatic heterocycles. The summed E-state index contributed by atoms with van der Waals surface area (Å²) in [5.74, 6) is 7.71. The molecule has 2 bridgehead atoms. The number of carbonyl (C=O) groups excluding carboxylic acids is 1. The number of ketones is 1. The number of Topliss-reactive ketones (excluding diaryl/α,β-unsaturated/α-hetero) is 1. The van der Waals surface area contributed by atoms with Gasteiger partial charge in [0.25, 0.3) is 0 Å². The molecule has 8 atom stereocenters. The summed E-state index contributed by atoms with van der Waals surface area (Å²) in [7, 11) is 3.51. The highest BCUT2D eigenvalue weighted by atomic mass is 16.7. The Morgan fingerprint density at radius 1 is 1.10 bits per heavy atom. The van der Waals surface area contributed by atoms with Crippen LogP contribution in [-0.4, -0.2) is 39.0 Å². The van der Waals surface area contributed by atoms with Crippen LogP contribution >= 0.6 is 0 Å². The van der Waals surface area contributed by atoms with Gasteiger partial charge < -0.3 is 14.2 Å². The summed E-state index contributed by atoms with van der Waals surface area (Å²) in [6, 6.07) is 0. The maximum Gasteiger partial charge on any atom is 0.146 e. The quantitative estimate of drug-likeness (QED) is 0.452. The molecule has 4 nitrogen and oxygen atoms in total. The fourth-order valence-electron chi connectivity index (χ4n) is 7.42. The van der Waals surface area contributed by atoms with Crippen molar-refractivity contribution in [3.8, 4) is 11.8 Å². The van der Waals surface area contributed by atoms with Crippen LogP contribution in [0.4, 0.5) is 0 Å². The monoisotopic (exact) mass is 418 g/mol. The molecule has 3 aliphatic carbocycles. The molecule has 0 N–H and O–H groups in total. The van der Waals surface area contributed by atoms with Crippen molar-refractivity contribution >= 4 is 5.78 Å². The van der Waals surface area contributed by atoms with E-state index in [1.807, 2.05) is 7.11 Å². The number of ether oxygens (including phenoxy) is 3. The van der Waals surface area contributed by atoms with Crippen LogP contribution in [-0.2, 0) is 19.0 Å². The van der Waals surface area contributed by atoms with Crippen LogP contribution in [0.25, 0.3) is 0 Å². The molecular weight excluding hydrogens is 376 g/mol. The van der Waals surface area contributed by atoms with Crippen LogP contribution in [0.15, 0.2) is 0 Å². The van der Waals surface area contributed by atoms with E-state index in [0.29, 0.717) is 30.5 Å². The van der Waals surface area contributed by atoms with E-state index in [9.17, 15) is 4.79 Å². The number of hydrogen-bond acceptors (Lipinski definition) is 4. The fourth-order valence-corrected chi connectivity index (χ4v) is 7.42. The Kier molecular flexibility index (Phi) is 7.07. The summed E-state index contributed by atoms with van der Waals surface area (Å²) < 4.78 is 17.8. The fraction of sp³-hybridized carbons (Fsp3) is 0.885. The maximum absolute atomic E-state index is 14.1. The second-order valence-corrected chi connectivity index (χ2v) is 10.6. The Morgan fingerprint density at radius 2 is 1.80 bits per heavy atom. The molecule has 0 aliphatic heterocycles. The highest BCUT2D eigenvalue weighted by Gasteiger charge is 2.68. The van der Waals surface area contributed by atoms with Crippen LogP contribution in [0, 0.1) is 45.8 Å². The number of rotatable bonds is 5. The van der Waals surface area contributed by atoms with Gasteiger partial charge in [-0.25, -0.2) is 0 Å². The van der Waals surface area contributed by atoms with Gasteiger partial charge in [0.1, 0.15) is 12.6 Å². The third kappa shape index (κ3) is 3.55. The van der Waals surface area contributed by atoms with Crippen molar-refractivity contribution < 1.29 is 19.0 Å². The van der Waals surface area contributed by atoms with Crippen LogP contribution in [0.5, 0.6) is 0 Å². The minimum absolute atomic E-state index is 0.00638. The third-order valence-electron chi connectivity index (χ3n) is 9.31. The highest BCUT2D eigenvalue weighted by Crippen LogP contribution is 2.68. The van der Waals surface area contributed by atoms with Gasteiger partial charge in [0.05, 0.1) is 12.2 Å². The van der Waals surface area contributed by atoms with Crippen molar-refractivity contribution in [2.45, 2.75) is 91.8 Å². The van der Waals surface area contributed by atoms with E-state index in [4.69, 9.17) is 14.2 Å². The van der Waals surface area contributed by atoms with E-state index in [2.05, 4.69) is 46.5 Å². The zero-order chi connectivity index (χ0) is 22.2. The topological polar surface area (TPSA) is 44.8 Å². The molecule has 170 valence electrons. The van der Waals surface area contributed by atoms with E-state index in [0.717, 1.165) is 32.1 Å². The van der Waals surface area contributed by atoms with Crippen molar-refractivity contribution in [2.24, 2.45) is 34.0 Å². The lowest BCUT2D eigenvalue weighted by Crippen LogP contribution is -2.62. The SMILES string of the molecule is CCC#CC[C@]1(C)CC(OCOC)[C@@]2(C)C3[C@H](OC)CCC3(CC[C@H]2C)[C@@H](C)C1=O. The summed E-state index contributed by atoms with van der Waals surface area (Å²) in [6.07, 6.45) is 6.60. The lowest BCUT2D eigenvalue weighted by atomic mass is 9.44. The molecule has 3 rings (SSSR count). The molecule has 0 aromatic rings. The Labute approximate surface area is 183 Å². The molecule has 3 saturated carbocycles. The molecule has 0 radical (unpaired) electrons. The number of hydrogen-bond donors (Lipinski definition) is 0. The Hall–Kier alpha value is -0.890. The summed E-state index contributed by atoms with van der Waals surface area (Å²) >= 11 is 0. The predicted molar refractivity (Wildman–Crippen MR) is 119 cm³/mol. The van der Waals surface area contributed by atoms with E-state index in [1.165, 1.54) is 0 Å². The van der Waals surface area contributed by atoms with Gasteiger partial charge in [-0.3, -0.25) is 4.79 Å². The first-order chi connectivity index (χ1) is 14.2.